The molecule has 3 aliphatic carbocycles. The maximum atomic E-state index is 4.58. The molecular formula is C48H93NO. The first-order valence-electron chi connectivity index (χ1n) is 20.4. The molecule has 2 nitrogen and oxygen atoms in total. The van der Waals surface area contributed by atoms with Crippen molar-refractivity contribution in [3.8, 4) is 0 Å². The Labute approximate surface area is 318 Å². The number of hydrogen-bond donors (Lipinski definition) is 0. The number of rotatable bonds is 0. The van der Waals surface area contributed by atoms with Gasteiger partial charge in [-0.1, -0.05) is 223 Å². The van der Waals surface area contributed by atoms with Crippen LogP contribution < -0.4 is 0 Å². The number of furan rings is 1. The van der Waals surface area contributed by atoms with Gasteiger partial charge < -0.3 is 8.98 Å². The van der Waals surface area contributed by atoms with Crippen molar-refractivity contribution in [2.24, 2.45) is 18.9 Å². The molecule has 0 bridgehead atoms. The number of hydrogen-bond acceptors (Lipinski definition) is 1. The van der Waals surface area contributed by atoms with Gasteiger partial charge in [0.15, 0.2) is 0 Å². The molecule has 0 amide bonds. The van der Waals surface area contributed by atoms with Crippen LogP contribution in [0.5, 0.6) is 0 Å². The van der Waals surface area contributed by atoms with E-state index in [0.717, 1.165) is 24.7 Å². The van der Waals surface area contributed by atoms with Crippen LogP contribution >= 0.6 is 0 Å². The molecule has 0 radical (unpaired) electrons. The molecule has 3 aromatic rings. The quantitative estimate of drug-likeness (QED) is 0.228. The van der Waals surface area contributed by atoms with E-state index >= 15 is 0 Å². The highest BCUT2D eigenvalue weighted by molar-refractivity contribution is 5.12. The first-order valence-corrected chi connectivity index (χ1v) is 20.4. The van der Waals surface area contributed by atoms with E-state index in [9.17, 15) is 0 Å². The molecule has 2 heterocycles. The van der Waals surface area contributed by atoms with E-state index in [4.69, 9.17) is 0 Å². The maximum absolute atomic E-state index is 4.58. The lowest BCUT2D eigenvalue weighted by atomic mass is 10.4. The van der Waals surface area contributed by atoms with Crippen LogP contribution in [0.25, 0.3) is 0 Å². The predicted octanol–water partition coefficient (Wildman–Crippen LogP) is 17.9. The molecule has 3 aliphatic rings. The number of nitrogens with zero attached hydrogens (tertiary/aromatic N) is 1. The van der Waals surface area contributed by atoms with Crippen molar-refractivity contribution in [2.75, 3.05) is 0 Å². The fraction of sp³-hybridized carbons (Fsp3) is 0.542. The standard InChI is InChI=1S/C6H6.C5H7N.C5H10.2C5H6.C4H4O.9C2H6/c1-2-4-6-5-3-1;1-6-4-2-3-5-6;1-4-3-5(4)2;3*1-2-4-5-3-1;9*1-2/h1-6H;2-5H,1H3;4-5H,3H2,1-2H3;2*1-4H,5H2;1-4H;9*1-2H3. The van der Waals surface area contributed by atoms with Crippen LogP contribution in [0.3, 0.4) is 0 Å². The van der Waals surface area contributed by atoms with E-state index in [0.29, 0.717) is 0 Å². The summed E-state index contributed by atoms with van der Waals surface area (Å²) in [4.78, 5) is 0. The summed E-state index contributed by atoms with van der Waals surface area (Å²) in [6.07, 6.45) is 27.7. The zero-order chi connectivity index (χ0) is 41.1. The lowest BCUT2D eigenvalue weighted by molar-refractivity contribution is 0.567. The largest absolute Gasteiger partial charge is 0.473 e. The highest BCUT2D eigenvalue weighted by Crippen LogP contribution is 2.36. The minimum Gasteiger partial charge on any atom is -0.473 e. The van der Waals surface area contributed by atoms with Crippen molar-refractivity contribution >= 4 is 0 Å². The number of allylic oxidation sites excluding steroid dienone is 8. The number of aromatic nitrogens is 1. The second-order valence-electron chi connectivity index (χ2n) is 7.67. The molecule has 1 fully saturated rings. The zero-order valence-corrected chi connectivity index (χ0v) is 37.8. The second-order valence-corrected chi connectivity index (χ2v) is 7.67. The first kappa shape index (κ1) is 68.7. The van der Waals surface area contributed by atoms with Crippen LogP contribution in [0.4, 0.5) is 0 Å². The van der Waals surface area contributed by atoms with Gasteiger partial charge in [0.1, 0.15) is 0 Å². The topological polar surface area (TPSA) is 18.1 Å². The Morgan fingerprint density at radius 2 is 0.600 bits per heavy atom. The molecule has 2 heteroatoms. The van der Waals surface area contributed by atoms with E-state index < -0.39 is 0 Å². The van der Waals surface area contributed by atoms with Crippen molar-refractivity contribution in [2.45, 2.75) is 158 Å². The summed E-state index contributed by atoms with van der Waals surface area (Å²) >= 11 is 0. The Balaban J connectivity index is -0.0000000530. The fourth-order valence-electron chi connectivity index (χ4n) is 2.33. The Kier molecular flexibility index (Phi) is 125. The minimum atomic E-state index is 1.05. The molecule has 2 aromatic heterocycles. The van der Waals surface area contributed by atoms with Gasteiger partial charge >= 0.3 is 0 Å². The van der Waals surface area contributed by atoms with E-state index in [1.54, 1.807) is 12.5 Å². The lowest BCUT2D eigenvalue weighted by Gasteiger charge is -1.79. The third-order valence-corrected chi connectivity index (χ3v) is 4.67. The van der Waals surface area contributed by atoms with Gasteiger partial charge in [-0.25, -0.2) is 0 Å². The van der Waals surface area contributed by atoms with E-state index in [1.165, 1.54) is 6.42 Å². The average Bonchev–Trinajstić information content (AvgIpc) is 4.02. The van der Waals surface area contributed by atoms with Gasteiger partial charge in [0.25, 0.3) is 0 Å². The molecule has 2 atom stereocenters. The number of benzene rings is 1. The first-order chi connectivity index (χ1) is 24.7. The molecule has 0 spiro atoms. The fourth-order valence-corrected chi connectivity index (χ4v) is 2.33. The Hall–Kier alpha value is -3.26. The van der Waals surface area contributed by atoms with Crippen LogP contribution in [-0.4, -0.2) is 4.57 Å². The zero-order valence-electron chi connectivity index (χ0n) is 37.8. The summed E-state index contributed by atoms with van der Waals surface area (Å²) in [5, 5.41) is 0. The summed E-state index contributed by atoms with van der Waals surface area (Å²) in [6, 6.07) is 19.7. The Morgan fingerprint density at radius 1 is 0.380 bits per heavy atom. The van der Waals surface area contributed by atoms with Crippen molar-refractivity contribution in [1.82, 2.24) is 4.57 Å². The SMILES string of the molecule is C1=CCC=C1.C1=CCC=C1.CC.CC.CC.CC.CC.CC.CC.CC.CC.CC1CC1C.Cn1cccc1.c1ccccc1.c1ccoc1. The number of aryl methyl sites for hydroxylation is 1. The molecule has 0 N–H and O–H groups in total. The summed E-state index contributed by atoms with van der Waals surface area (Å²) in [6.45, 7) is 40.6. The average molecular weight is 700 g/mol. The van der Waals surface area contributed by atoms with Gasteiger partial charge in [-0.05, 0) is 55.4 Å². The van der Waals surface area contributed by atoms with Gasteiger partial charge in [-0.2, -0.15) is 0 Å². The minimum absolute atomic E-state index is 1.05. The van der Waals surface area contributed by atoms with Gasteiger partial charge in [0.2, 0.25) is 0 Å². The molecule has 0 saturated heterocycles. The van der Waals surface area contributed by atoms with E-state index in [2.05, 4.69) is 66.9 Å². The predicted molar refractivity (Wildman–Crippen MR) is 241 cm³/mol. The van der Waals surface area contributed by atoms with E-state index in [1.807, 2.05) is 209 Å². The van der Waals surface area contributed by atoms with Gasteiger partial charge in [-0.15, -0.1) is 0 Å². The molecule has 6 rings (SSSR count). The van der Waals surface area contributed by atoms with Crippen LogP contribution in [-0.2, 0) is 7.05 Å². The summed E-state index contributed by atoms with van der Waals surface area (Å²) in [5.41, 5.74) is 0. The van der Waals surface area contributed by atoms with Gasteiger partial charge in [0.05, 0.1) is 12.5 Å². The normalized spacial score (nSPS) is 12.3. The van der Waals surface area contributed by atoms with Crippen molar-refractivity contribution < 1.29 is 4.42 Å². The van der Waals surface area contributed by atoms with Crippen molar-refractivity contribution in [3.05, 3.63) is 134 Å². The van der Waals surface area contributed by atoms with Crippen LogP contribution in [0.15, 0.2) is 139 Å². The molecule has 1 saturated carbocycles. The second kappa shape index (κ2) is 90.9. The highest BCUT2D eigenvalue weighted by atomic mass is 16.3. The Bertz CT molecular complexity index is 749. The third-order valence-electron chi connectivity index (χ3n) is 4.67. The van der Waals surface area contributed by atoms with Crippen LogP contribution in [0, 0.1) is 11.8 Å². The van der Waals surface area contributed by atoms with Gasteiger partial charge in [0, 0.05) is 19.4 Å². The maximum Gasteiger partial charge on any atom is 0.0902 e. The third kappa shape index (κ3) is 90.6. The van der Waals surface area contributed by atoms with Crippen LogP contribution in [0.1, 0.15) is 158 Å². The van der Waals surface area contributed by atoms with Crippen molar-refractivity contribution in [3.63, 3.8) is 0 Å². The molecule has 296 valence electrons. The summed E-state index contributed by atoms with van der Waals surface area (Å²) < 4.78 is 6.58. The molecule has 50 heavy (non-hydrogen) atoms. The summed E-state index contributed by atoms with van der Waals surface area (Å²) in [5.74, 6) is 2.10. The van der Waals surface area contributed by atoms with Gasteiger partial charge in [-0.3, -0.25) is 0 Å². The Morgan fingerprint density at radius 3 is 0.680 bits per heavy atom. The van der Waals surface area contributed by atoms with Crippen LogP contribution in [0.2, 0.25) is 0 Å². The lowest BCUT2D eigenvalue weighted by Crippen LogP contribution is -1.75. The monoisotopic (exact) mass is 700 g/mol. The van der Waals surface area contributed by atoms with E-state index in [-0.39, 0.29) is 0 Å². The van der Waals surface area contributed by atoms with Crippen molar-refractivity contribution in [1.29, 1.82) is 0 Å². The molecule has 2 unspecified atom stereocenters. The smallest absolute Gasteiger partial charge is 0.0902 e. The molecule has 0 aliphatic heterocycles. The highest BCUT2D eigenvalue weighted by Gasteiger charge is 2.26. The molecule has 1 aromatic carbocycles. The summed E-state index contributed by atoms with van der Waals surface area (Å²) in [7, 11) is 2.00. The molecular weight excluding hydrogens is 607 g/mol.